The van der Waals surface area contributed by atoms with Gasteiger partial charge in [0, 0.05) is 0 Å². The second-order valence-corrected chi connectivity index (χ2v) is 3.55. The summed E-state index contributed by atoms with van der Waals surface area (Å²) in [4.78, 5) is 4.05. The average molecular weight is 294 g/mol. The maximum atomic E-state index is 4.05. The van der Waals surface area contributed by atoms with Crippen molar-refractivity contribution < 1.29 is 0 Å². The third kappa shape index (κ3) is 2.85. The molecule has 0 spiro atoms. The number of hydrogen-bond donors (Lipinski definition) is 0. The molecule has 0 saturated heterocycles. The summed E-state index contributed by atoms with van der Waals surface area (Å²) in [5, 5.41) is 0. The molecular formula is C5H6LiNPb. The predicted octanol–water partition coefficient (Wildman–Crippen LogP) is -1.04. The van der Waals surface area contributed by atoms with E-state index in [0.717, 1.165) is 25.8 Å². The van der Waals surface area contributed by atoms with Crippen molar-refractivity contribution in [2.45, 2.75) is 0 Å². The zero-order valence-corrected chi connectivity index (χ0v) is 8.32. The van der Waals surface area contributed by atoms with Crippen molar-refractivity contribution in [3.05, 3.63) is 24.4 Å². The summed E-state index contributed by atoms with van der Waals surface area (Å²) in [5.41, 5.74) is 0. The van der Waals surface area contributed by atoms with Gasteiger partial charge in [0.1, 0.15) is 0 Å². The number of aromatic nitrogens is 1. The molecule has 0 fully saturated rings. The van der Waals surface area contributed by atoms with Crippen molar-refractivity contribution in [2.24, 2.45) is 0 Å². The Labute approximate surface area is 76.8 Å². The third-order valence-electron chi connectivity index (χ3n) is 0.688. The fraction of sp³-hybridized carbons (Fsp3) is 0. The van der Waals surface area contributed by atoms with E-state index in [4.69, 9.17) is 0 Å². The van der Waals surface area contributed by atoms with Crippen LogP contribution in [0.3, 0.4) is 0 Å². The molecular weight excluding hydrogens is 288 g/mol. The van der Waals surface area contributed by atoms with Crippen LogP contribution >= 0.6 is 0 Å². The standard InChI is InChI=1S/C5H4N.Li.Pb.2H/c1-2-4-6-5-3-1;;;;/h1-4H;;;;. The molecule has 1 aromatic heterocycles. The minimum absolute atomic E-state index is 0. The van der Waals surface area contributed by atoms with Gasteiger partial charge in [-0.05, 0) is 0 Å². The van der Waals surface area contributed by atoms with Gasteiger partial charge < -0.3 is 0 Å². The first-order chi connectivity index (χ1) is 3.39. The van der Waals surface area contributed by atoms with E-state index in [1.807, 2.05) is 24.4 Å². The van der Waals surface area contributed by atoms with Gasteiger partial charge in [-0.1, -0.05) is 0 Å². The Kier molecular flexibility index (Phi) is 4.92. The van der Waals surface area contributed by atoms with Crippen LogP contribution in [0.1, 0.15) is 0 Å². The molecule has 1 nitrogen and oxygen atoms in total. The van der Waals surface area contributed by atoms with Crippen LogP contribution in [0.25, 0.3) is 0 Å². The molecule has 0 unspecified atom stereocenters. The molecule has 0 aromatic carbocycles. The molecule has 0 amide bonds. The summed E-state index contributed by atoms with van der Waals surface area (Å²) < 4.78 is 1.24. The van der Waals surface area contributed by atoms with E-state index >= 15 is 0 Å². The summed E-state index contributed by atoms with van der Waals surface area (Å²) in [6.45, 7) is 0. The molecule has 36 valence electrons. The van der Waals surface area contributed by atoms with E-state index in [9.17, 15) is 0 Å². The summed E-state index contributed by atoms with van der Waals surface area (Å²) in [6.07, 6.45) is 1.83. The van der Waals surface area contributed by atoms with Crippen LogP contribution in [0.2, 0.25) is 0 Å². The first-order valence-electron chi connectivity index (χ1n) is 2.06. The summed E-state index contributed by atoms with van der Waals surface area (Å²) in [5.74, 6) is 0. The molecule has 2 radical (unpaired) electrons. The molecule has 0 bridgehead atoms. The average Bonchev–Trinajstić information content (AvgIpc) is 1.69. The fourth-order valence-corrected chi connectivity index (χ4v) is 1.14. The van der Waals surface area contributed by atoms with E-state index < -0.39 is 0 Å². The maximum absolute atomic E-state index is 4.05. The Morgan fingerprint density at radius 2 is 2.12 bits per heavy atom. The number of rotatable bonds is 0. The Balaban J connectivity index is 0.000000490. The first-order valence-corrected chi connectivity index (χ1v) is 4.30. The van der Waals surface area contributed by atoms with Crippen LogP contribution in [0, 0.1) is 0 Å². The topological polar surface area (TPSA) is 12.9 Å². The SMILES string of the molecule is [LiH].[PbH][c]1ccccn1. The van der Waals surface area contributed by atoms with Crippen LogP contribution in [0.5, 0.6) is 0 Å². The Morgan fingerprint density at radius 1 is 1.38 bits per heavy atom. The van der Waals surface area contributed by atoms with Gasteiger partial charge >= 0.3 is 77.3 Å². The monoisotopic (exact) mass is 295 g/mol. The van der Waals surface area contributed by atoms with Gasteiger partial charge in [0.2, 0.25) is 0 Å². The summed E-state index contributed by atoms with van der Waals surface area (Å²) in [7, 11) is 0. The molecule has 0 atom stereocenters. The van der Waals surface area contributed by atoms with Gasteiger partial charge in [-0.25, -0.2) is 0 Å². The van der Waals surface area contributed by atoms with Crippen LogP contribution in [0.4, 0.5) is 0 Å². The van der Waals surface area contributed by atoms with Crippen molar-refractivity contribution >= 4 is 47.9 Å². The molecule has 8 heavy (non-hydrogen) atoms. The number of nitrogens with zero attached hydrogens (tertiary/aromatic N) is 1. The van der Waals surface area contributed by atoms with Crippen LogP contribution in [-0.4, -0.2) is 49.6 Å². The molecule has 3 heteroatoms. The summed E-state index contributed by atoms with van der Waals surface area (Å²) in [6, 6.07) is 6.00. The van der Waals surface area contributed by atoms with Gasteiger partial charge in [0.15, 0.2) is 0 Å². The molecule has 1 heterocycles. The molecule has 0 N–H and O–H groups in total. The first kappa shape index (κ1) is 8.67. The second kappa shape index (κ2) is 4.54. The van der Waals surface area contributed by atoms with Gasteiger partial charge in [-0.15, -0.1) is 0 Å². The Hall–Kier alpha value is 0.669. The quantitative estimate of drug-likeness (QED) is 0.557. The number of pyridine rings is 1. The minimum atomic E-state index is 0. The van der Waals surface area contributed by atoms with E-state index in [-0.39, 0.29) is 18.9 Å². The second-order valence-electron chi connectivity index (χ2n) is 1.25. The third-order valence-corrected chi connectivity index (χ3v) is 2.02. The van der Waals surface area contributed by atoms with Gasteiger partial charge in [-0.3, -0.25) is 0 Å². The van der Waals surface area contributed by atoms with Crippen LogP contribution in [-0.2, 0) is 0 Å². The van der Waals surface area contributed by atoms with E-state index in [1.165, 1.54) is 3.25 Å². The fourth-order valence-electron chi connectivity index (χ4n) is 0.376. The normalized spacial score (nSPS) is 7.62. The van der Waals surface area contributed by atoms with Crippen molar-refractivity contribution in [1.82, 2.24) is 4.98 Å². The molecule has 0 aliphatic heterocycles. The molecule has 1 aromatic rings. The molecule has 0 saturated carbocycles. The van der Waals surface area contributed by atoms with E-state index in [1.54, 1.807) is 0 Å². The van der Waals surface area contributed by atoms with Crippen molar-refractivity contribution in [3.8, 4) is 0 Å². The Morgan fingerprint density at radius 3 is 2.38 bits per heavy atom. The van der Waals surface area contributed by atoms with Gasteiger partial charge in [-0.2, -0.15) is 0 Å². The van der Waals surface area contributed by atoms with Crippen molar-refractivity contribution in [2.75, 3.05) is 0 Å². The van der Waals surface area contributed by atoms with Crippen LogP contribution in [0.15, 0.2) is 24.4 Å². The molecule has 0 aliphatic carbocycles. The van der Waals surface area contributed by atoms with E-state index in [2.05, 4.69) is 4.98 Å². The predicted molar refractivity (Wildman–Crippen MR) is 38.2 cm³/mol. The zero-order chi connectivity index (χ0) is 5.11. The van der Waals surface area contributed by atoms with Gasteiger partial charge in [0.05, 0.1) is 0 Å². The zero-order valence-electron chi connectivity index (χ0n) is 3.83. The van der Waals surface area contributed by atoms with Gasteiger partial charge in [0.25, 0.3) is 0 Å². The Bertz CT molecular complexity index is 142. The van der Waals surface area contributed by atoms with Crippen molar-refractivity contribution in [3.63, 3.8) is 0 Å². The molecule has 0 aliphatic rings. The van der Waals surface area contributed by atoms with Crippen molar-refractivity contribution in [1.29, 1.82) is 0 Å². The van der Waals surface area contributed by atoms with Crippen LogP contribution < -0.4 is 3.25 Å². The number of hydrogen-bond acceptors (Lipinski definition) is 1. The molecule has 1 rings (SSSR count). The van der Waals surface area contributed by atoms with E-state index in [0.29, 0.717) is 0 Å². The summed E-state index contributed by atoms with van der Waals surface area (Å²) >= 11 is 0.881.